The van der Waals surface area contributed by atoms with Crippen molar-refractivity contribution in [2.24, 2.45) is 11.8 Å². The van der Waals surface area contributed by atoms with Crippen LogP contribution in [0, 0.1) is 23.2 Å². The van der Waals surface area contributed by atoms with Crippen LogP contribution in [0.1, 0.15) is 39.0 Å². The summed E-state index contributed by atoms with van der Waals surface area (Å²) in [4.78, 5) is 11.8. The summed E-state index contributed by atoms with van der Waals surface area (Å²) in [5.41, 5.74) is 0. The van der Waals surface area contributed by atoms with Crippen LogP contribution < -0.4 is 5.32 Å². The lowest BCUT2D eigenvalue weighted by Gasteiger charge is -2.30. The molecule has 1 saturated carbocycles. The van der Waals surface area contributed by atoms with E-state index in [0.717, 1.165) is 0 Å². The Balaban J connectivity index is 2.56. The van der Waals surface area contributed by atoms with Gasteiger partial charge in [-0.3, -0.25) is 4.79 Å². The Morgan fingerprint density at radius 3 is 2.67 bits per heavy atom. The van der Waals surface area contributed by atoms with Gasteiger partial charge in [-0.2, -0.15) is 18.4 Å². The molecule has 18 heavy (non-hydrogen) atoms. The molecule has 1 aliphatic carbocycles. The molecule has 0 radical (unpaired) electrons. The van der Waals surface area contributed by atoms with Crippen LogP contribution in [-0.2, 0) is 4.79 Å². The molecule has 0 saturated heterocycles. The Morgan fingerprint density at radius 1 is 1.50 bits per heavy atom. The molecule has 6 heteroatoms. The molecule has 3 nitrogen and oxygen atoms in total. The SMILES string of the molecule is CCC(C#N)NC(=O)C1CCCC(C(F)(F)F)C1. The van der Waals surface area contributed by atoms with Crippen molar-refractivity contribution in [3.8, 4) is 6.07 Å². The molecule has 0 aromatic rings. The molecule has 1 amide bonds. The lowest BCUT2D eigenvalue weighted by atomic mass is 9.80. The zero-order valence-electron chi connectivity index (χ0n) is 10.3. The minimum Gasteiger partial charge on any atom is -0.340 e. The predicted octanol–water partition coefficient (Wildman–Crippen LogP) is 2.77. The molecular formula is C12H17F3N2O. The molecule has 0 aliphatic heterocycles. The van der Waals surface area contributed by atoms with E-state index in [4.69, 9.17) is 5.26 Å². The fourth-order valence-electron chi connectivity index (χ4n) is 2.24. The number of carbonyl (C=O) groups excluding carboxylic acids is 1. The highest BCUT2D eigenvalue weighted by Gasteiger charge is 2.43. The molecule has 0 aromatic carbocycles. The van der Waals surface area contributed by atoms with Crippen LogP contribution in [0.4, 0.5) is 13.2 Å². The van der Waals surface area contributed by atoms with E-state index in [9.17, 15) is 18.0 Å². The molecule has 1 fully saturated rings. The summed E-state index contributed by atoms with van der Waals surface area (Å²) in [6.07, 6.45) is -2.94. The Labute approximate surface area is 104 Å². The first kappa shape index (κ1) is 14.8. The third kappa shape index (κ3) is 3.90. The average Bonchev–Trinajstić information content (AvgIpc) is 2.34. The maximum absolute atomic E-state index is 12.6. The van der Waals surface area contributed by atoms with Gasteiger partial charge in [-0.25, -0.2) is 0 Å². The summed E-state index contributed by atoms with van der Waals surface area (Å²) in [6.45, 7) is 1.74. The van der Waals surface area contributed by atoms with Crippen molar-refractivity contribution in [3.63, 3.8) is 0 Å². The summed E-state index contributed by atoms with van der Waals surface area (Å²) >= 11 is 0. The van der Waals surface area contributed by atoms with Gasteiger partial charge in [-0.05, 0) is 25.7 Å². The number of amides is 1. The third-order valence-electron chi connectivity index (χ3n) is 3.39. The van der Waals surface area contributed by atoms with Crippen molar-refractivity contribution in [3.05, 3.63) is 0 Å². The van der Waals surface area contributed by atoms with E-state index in [0.29, 0.717) is 19.3 Å². The number of halogens is 3. The molecule has 0 heterocycles. The van der Waals surface area contributed by atoms with Crippen molar-refractivity contribution in [2.45, 2.75) is 51.2 Å². The standard InChI is InChI=1S/C12H17F3N2O/c1-2-10(7-16)17-11(18)8-4-3-5-9(6-8)12(13,14)15/h8-10H,2-6H2,1H3,(H,17,18). The molecule has 3 atom stereocenters. The Morgan fingerprint density at radius 2 is 2.17 bits per heavy atom. The molecular weight excluding hydrogens is 245 g/mol. The molecule has 1 N–H and O–H groups in total. The van der Waals surface area contributed by atoms with Gasteiger partial charge in [0.2, 0.25) is 5.91 Å². The van der Waals surface area contributed by atoms with E-state index < -0.39 is 30.0 Å². The van der Waals surface area contributed by atoms with E-state index in [-0.39, 0.29) is 12.8 Å². The summed E-state index contributed by atoms with van der Waals surface area (Å²) in [7, 11) is 0. The van der Waals surface area contributed by atoms with Gasteiger partial charge in [0.1, 0.15) is 6.04 Å². The Bertz CT molecular complexity index is 335. The van der Waals surface area contributed by atoms with Crippen LogP contribution in [-0.4, -0.2) is 18.1 Å². The maximum atomic E-state index is 12.6. The van der Waals surface area contributed by atoms with Crippen molar-refractivity contribution in [2.75, 3.05) is 0 Å². The molecule has 0 aromatic heterocycles. The number of nitrogens with zero attached hydrogens (tertiary/aromatic N) is 1. The number of carbonyl (C=O) groups is 1. The van der Waals surface area contributed by atoms with E-state index in [2.05, 4.69) is 5.32 Å². The lowest BCUT2D eigenvalue weighted by Crippen LogP contribution is -2.41. The predicted molar refractivity (Wildman–Crippen MR) is 59.3 cm³/mol. The first-order chi connectivity index (χ1) is 8.38. The van der Waals surface area contributed by atoms with Gasteiger partial charge in [-0.1, -0.05) is 13.3 Å². The zero-order chi connectivity index (χ0) is 13.8. The smallest absolute Gasteiger partial charge is 0.340 e. The summed E-state index contributed by atoms with van der Waals surface area (Å²) in [6, 6.07) is 1.30. The van der Waals surface area contributed by atoms with Crippen molar-refractivity contribution >= 4 is 5.91 Å². The van der Waals surface area contributed by atoms with Gasteiger partial charge in [0.05, 0.1) is 12.0 Å². The van der Waals surface area contributed by atoms with Crippen molar-refractivity contribution in [1.29, 1.82) is 5.26 Å². The summed E-state index contributed by atoms with van der Waals surface area (Å²) in [5, 5.41) is 11.2. The van der Waals surface area contributed by atoms with Gasteiger partial charge < -0.3 is 5.32 Å². The van der Waals surface area contributed by atoms with E-state index in [1.807, 2.05) is 6.07 Å². The quantitative estimate of drug-likeness (QED) is 0.850. The molecule has 1 aliphatic rings. The number of alkyl halides is 3. The molecule has 0 spiro atoms. The van der Waals surface area contributed by atoms with Crippen LogP contribution in [0.2, 0.25) is 0 Å². The van der Waals surface area contributed by atoms with Crippen LogP contribution in [0.5, 0.6) is 0 Å². The second-order valence-corrected chi connectivity index (χ2v) is 4.70. The number of hydrogen-bond acceptors (Lipinski definition) is 2. The van der Waals surface area contributed by atoms with Crippen LogP contribution in [0.3, 0.4) is 0 Å². The highest BCUT2D eigenvalue weighted by atomic mass is 19.4. The topological polar surface area (TPSA) is 52.9 Å². The minimum absolute atomic E-state index is 0.0999. The lowest BCUT2D eigenvalue weighted by molar-refractivity contribution is -0.186. The number of rotatable bonds is 3. The zero-order valence-corrected chi connectivity index (χ0v) is 10.3. The van der Waals surface area contributed by atoms with Gasteiger partial charge in [0.25, 0.3) is 0 Å². The second-order valence-electron chi connectivity index (χ2n) is 4.70. The van der Waals surface area contributed by atoms with E-state index in [1.54, 1.807) is 6.92 Å². The normalized spacial score (nSPS) is 26.2. The van der Waals surface area contributed by atoms with Gasteiger partial charge in [0.15, 0.2) is 0 Å². The highest BCUT2D eigenvalue weighted by Crippen LogP contribution is 2.39. The minimum atomic E-state index is -4.22. The largest absolute Gasteiger partial charge is 0.391 e. The third-order valence-corrected chi connectivity index (χ3v) is 3.39. The van der Waals surface area contributed by atoms with Gasteiger partial charge in [-0.15, -0.1) is 0 Å². The monoisotopic (exact) mass is 262 g/mol. The van der Waals surface area contributed by atoms with Gasteiger partial charge >= 0.3 is 6.18 Å². The van der Waals surface area contributed by atoms with Crippen molar-refractivity contribution in [1.82, 2.24) is 5.32 Å². The highest BCUT2D eigenvalue weighted by molar-refractivity contribution is 5.79. The Hall–Kier alpha value is -1.25. The molecule has 3 unspecified atom stereocenters. The van der Waals surface area contributed by atoms with Crippen LogP contribution in [0.25, 0.3) is 0 Å². The summed E-state index contributed by atoms with van der Waals surface area (Å²) in [5.74, 6) is -2.42. The average molecular weight is 262 g/mol. The molecule has 0 bridgehead atoms. The van der Waals surface area contributed by atoms with Crippen LogP contribution >= 0.6 is 0 Å². The first-order valence-corrected chi connectivity index (χ1v) is 6.15. The van der Waals surface area contributed by atoms with E-state index in [1.165, 1.54) is 0 Å². The number of nitrogens with one attached hydrogen (secondary N) is 1. The fourth-order valence-corrected chi connectivity index (χ4v) is 2.24. The summed E-state index contributed by atoms with van der Waals surface area (Å²) < 4.78 is 37.8. The number of nitriles is 1. The van der Waals surface area contributed by atoms with E-state index >= 15 is 0 Å². The van der Waals surface area contributed by atoms with Crippen LogP contribution in [0.15, 0.2) is 0 Å². The first-order valence-electron chi connectivity index (χ1n) is 6.15. The second kappa shape index (κ2) is 6.07. The molecule has 1 rings (SSSR count). The Kier molecular flexibility index (Phi) is 5.00. The molecule has 102 valence electrons. The van der Waals surface area contributed by atoms with Gasteiger partial charge in [0, 0.05) is 5.92 Å². The maximum Gasteiger partial charge on any atom is 0.391 e. The van der Waals surface area contributed by atoms with Crippen molar-refractivity contribution < 1.29 is 18.0 Å². The fraction of sp³-hybridized carbons (Fsp3) is 0.833. The number of hydrogen-bond donors (Lipinski definition) is 1.